The van der Waals surface area contributed by atoms with Crippen LogP contribution in [0.3, 0.4) is 0 Å². The van der Waals surface area contributed by atoms with Crippen molar-refractivity contribution in [2.45, 2.75) is 78.7 Å². The summed E-state index contributed by atoms with van der Waals surface area (Å²) in [5.41, 5.74) is 2.97. The molecule has 0 aliphatic carbocycles. The normalized spacial score (nSPS) is 15.1. The predicted molar refractivity (Wildman–Crippen MR) is 77.2 cm³/mol. The number of aliphatic hydroxyl groups excluding tert-OH is 1. The van der Waals surface area contributed by atoms with E-state index >= 15 is 0 Å². The quantitative estimate of drug-likeness (QED) is 0.560. The third kappa shape index (κ3) is 10.3. The van der Waals surface area contributed by atoms with E-state index in [9.17, 15) is 5.11 Å². The second-order valence-corrected chi connectivity index (χ2v) is 5.03. The Morgan fingerprint density at radius 3 is 2.18 bits per heavy atom. The molecule has 0 fully saturated rings. The summed E-state index contributed by atoms with van der Waals surface area (Å²) in [6.07, 6.45) is 12.1. The Kier molecular flexibility index (Phi) is 10.2. The lowest BCUT2D eigenvalue weighted by Crippen LogP contribution is -2.02. The zero-order valence-corrected chi connectivity index (χ0v) is 12.1. The Morgan fingerprint density at radius 2 is 1.59 bits per heavy atom. The summed E-state index contributed by atoms with van der Waals surface area (Å²) in [7, 11) is 0. The average molecular weight is 238 g/mol. The lowest BCUT2D eigenvalue weighted by Gasteiger charge is -2.05. The van der Waals surface area contributed by atoms with E-state index in [2.05, 4.69) is 32.9 Å². The summed E-state index contributed by atoms with van der Waals surface area (Å²) < 4.78 is 0. The van der Waals surface area contributed by atoms with Crippen molar-refractivity contribution in [3.05, 3.63) is 23.3 Å². The van der Waals surface area contributed by atoms with Crippen molar-refractivity contribution in [3.63, 3.8) is 0 Å². The fourth-order valence-electron chi connectivity index (χ4n) is 1.87. The van der Waals surface area contributed by atoms with Gasteiger partial charge in [0, 0.05) is 0 Å². The summed E-state index contributed by atoms with van der Waals surface area (Å²) in [4.78, 5) is 0. The highest BCUT2D eigenvalue weighted by atomic mass is 16.3. The van der Waals surface area contributed by atoms with Gasteiger partial charge in [0.05, 0.1) is 6.10 Å². The van der Waals surface area contributed by atoms with Crippen LogP contribution in [0.4, 0.5) is 0 Å². The Hall–Kier alpha value is -0.560. The van der Waals surface area contributed by atoms with Crippen LogP contribution < -0.4 is 0 Å². The van der Waals surface area contributed by atoms with Gasteiger partial charge in [-0.3, -0.25) is 0 Å². The molecule has 1 unspecified atom stereocenters. The average Bonchev–Trinajstić information content (AvgIpc) is 2.29. The fourth-order valence-corrected chi connectivity index (χ4v) is 1.87. The summed E-state index contributed by atoms with van der Waals surface area (Å²) in [6, 6.07) is 0. The molecular formula is C16H30O. The van der Waals surface area contributed by atoms with Gasteiger partial charge in [-0.05, 0) is 52.4 Å². The molecule has 0 aromatic rings. The molecule has 0 amide bonds. The van der Waals surface area contributed by atoms with Gasteiger partial charge in [-0.2, -0.15) is 0 Å². The maximum atomic E-state index is 9.44. The van der Waals surface area contributed by atoms with Crippen molar-refractivity contribution in [3.8, 4) is 0 Å². The topological polar surface area (TPSA) is 20.2 Å². The van der Waals surface area contributed by atoms with Gasteiger partial charge < -0.3 is 5.11 Å². The SMILES string of the molecule is CCC/C(C)=C/CC/C(C)=C/CCC(O)CC. The monoisotopic (exact) mass is 238 g/mol. The van der Waals surface area contributed by atoms with Crippen molar-refractivity contribution in [1.82, 2.24) is 0 Å². The molecule has 0 aliphatic rings. The zero-order valence-electron chi connectivity index (χ0n) is 12.1. The van der Waals surface area contributed by atoms with Gasteiger partial charge in [-0.15, -0.1) is 0 Å². The van der Waals surface area contributed by atoms with E-state index in [0.717, 1.165) is 32.1 Å². The summed E-state index contributed by atoms with van der Waals surface area (Å²) in [5.74, 6) is 0. The molecule has 0 aromatic heterocycles. The number of rotatable bonds is 9. The first-order chi connectivity index (χ1) is 8.10. The van der Waals surface area contributed by atoms with Crippen LogP contribution >= 0.6 is 0 Å². The third-order valence-electron chi connectivity index (χ3n) is 3.14. The first kappa shape index (κ1) is 16.4. The number of hydrogen-bond donors (Lipinski definition) is 1. The number of aliphatic hydroxyl groups is 1. The largest absolute Gasteiger partial charge is 0.393 e. The molecule has 100 valence electrons. The first-order valence-electron chi connectivity index (χ1n) is 7.09. The van der Waals surface area contributed by atoms with Crippen LogP contribution in [0.5, 0.6) is 0 Å². The van der Waals surface area contributed by atoms with Crippen LogP contribution in [0.1, 0.15) is 72.6 Å². The van der Waals surface area contributed by atoms with Crippen molar-refractivity contribution in [1.29, 1.82) is 0 Å². The van der Waals surface area contributed by atoms with Gasteiger partial charge in [-0.25, -0.2) is 0 Å². The lowest BCUT2D eigenvalue weighted by atomic mass is 10.1. The summed E-state index contributed by atoms with van der Waals surface area (Å²) in [5, 5.41) is 9.44. The van der Waals surface area contributed by atoms with Gasteiger partial charge in [0.1, 0.15) is 0 Å². The maximum absolute atomic E-state index is 9.44. The smallest absolute Gasteiger partial charge is 0.0540 e. The van der Waals surface area contributed by atoms with Crippen LogP contribution in [-0.4, -0.2) is 11.2 Å². The van der Waals surface area contributed by atoms with E-state index < -0.39 is 0 Å². The Morgan fingerprint density at radius 1 is 1.00 bits per heavy atom. The maximum Gasteiger partial charge on any atom is 0.0540 e. The van der Waals surface area contributed by atoms with E-state index in [1.165, 1.54) is 24.0 Å². The summed E-state index contributed by atoms with van der Waals surface area (Å²) >= 11 is 0. The molecule has 0 saturated carbocycles. The molecule has 0 aromatic carbocycles. The fraction of sp³-hybridized carbons (Fsp3) is 0.750. The van der Waals surface area contributed by atoms with Crippen LogP contribution in [0.15, 0.2) is 23.3 Å². The first-order valence-corrected chi connectivity index (χ1v) is 7.09. The van der Waals surface area contributed by atoms with Crippen molar-refractivity contribution in [2.75, 3.05) is 0 Å². The molecule has 0 spiro atoms. The van der Waals surface area contributed by atoms with E-state index in [1.807, 2.05) is 6.92 Å². The molecule has 17 heavy (non-hydrogen) atoms. The molecule has 0 rings (SSSR count). The van der Waals surface area contributed by atoms with Crippen molar-refractivity contribution >= 4 is 0 Å². The predicted octanol–water partition coefficient (Wildman–Crippen LogP) is 5.01. The Labute approximate surface area is 108 Å². The lowest BCUT2D eigenvalue weighted by molar-refractivity contribution is 0.161. The minimum atomic E-state index is -0.120. The second kappa shape index (κ2) is 10.6. The molecule has 1 heteroatoms. The van der Waals surface area contributed by atoms with E-state index in [-0.39, 0.29) is 6.10 Å². The molecule has 1 N–H and O–H groups in total. The third-order valence-corrected chi connectivity index (χ3v) is 3.14. The molecule has 0 heterocycles. The van der Waals surface area contributed by atoms with Gasteiger partial charge in [0.15, 0.2) is 0 Å². The minimum absolute atomic E-state index is 0.120. The molecule has 0 bridgehead atoms. The molecular weight excluding hydrogens is 208 g/mol. The van der Waals surface area contributed by atoms with Gasteiger partial charge in [0.25, 0.3) is 0 Å². The highest BCUT2D eigenvalue weighted by Gasteiger charge is 1.98. The zero-order chi connectivity index (χ0) is 13.1. The Bertz CT molecular complexity index is 238. The van der Waals surface area contributed by atoms with Gasteiger partial charge in [-0.1, -0.05) is 43.6 Å². The van der Waals surface area contributed by atoms with Crippen molar-refractivity contribution < 1.29 is 5.11 Å². The number of allylic oxidation sites excluding steroid dienone is 4. The highest BCUT2D eigenvalue weighted by molar-refractivity contribution is 5.03. The van der Waals surface area contributed by atoms with Crippen LogP contribution in [-0.2, 0) is 0 Å². The standard InChI is InChI=1S/C16H30O/c1-5-9-14(3)10-7-11-15(4)12-8-13-16(17)6-2/h10,12,16-17H,5-9,11,13H2,1-4H3/b14-10+,15-12+. The van der Waals surface area contributed by atoms with Crippen LogP contribution in [0, 0.1) is 0 Å². The molecule has 0 radical (unpaired) electrons. The van der Waals surface area contributed by atoms with E-state index in [4.69, 9.17) is 0 Å². The Balaban J connectivity index is 3.74. The second-order valence-electron chi connectivity index (χ2n) is 5.03. The highest BCUT2D eigenvalue weighted by Crippen LogP contribution is 2.11. The minimum Gasteiger partial charge on any atom is -0.393 e. The molecule has 0 aliphatic heterocycles. The van der Waals surface area contributed by atoms with E-state index in [1.54, 1.807) is 0 Å². The van der Waals surface area contributed by atoms with Gasteiger partial charge >= 0.3 is 0 Å². The molecule has 0 saturated heterocycles. The molecule has 1 atom stereocenters. The van der Waals surface area contributed by atoms with E-state index in [0.29, 0.717) is 0 Å². The van der Waals surface area contributed by atoms with Crippen LogP contribution in [0.2, 0.25) is 0 Å². The van der Waals surface area contributed by atoms with Crippen LogP contribution in [0.25, 0.3) is 0 Å². The number of hydrogen-bond acceptors (Lipinski definition) is 1. The summed E-state index contributed by atoms with van der Waals surface area (Å²) in [6.45, 7) is 8.67. The van der Waals surface area contributed by atoms with Crippen molar-refractivity contribution in [2.24, 2.45) is 0 Å². The molecule has 1 nitrogen and oxygen atoms in total. The van der Waals surface area contributed by atoms with Gasteiger partial charge in [0.2, 0.25) is 0 Å².